The molecule has 1 aliphatic rings. The number of anilines is 1. The fourth-order valence-corrected chi connectivity index (χ4v) is 3.57. The molecule has 1 heterocycles. The third kappa shape index (κ3) is 3.05. The van der Waals surface area contributed by atoms with Crippen LogP contribution >= 0.6 is 0 Å². The monoisotopic (exact) mass is 300 g/mol. The lowest BCUT2D eigenvalue weighted by atomic mass is 10.3. The predicted molar refractivity (Wildman–Crippen MR) is 77.2 cm³/mol. The Labute approximate surface area is 119 Å². The van der Waals surface area contributed by atoms with Crippen molar-refractivity contribution in [2.24, 2.45) is 0 Å². The topological polar surface area (TPSA) is 70.1 Å². The average molecular weight is 300 g/mol. The van der Waals surface area contributed by atoms with Crippen LogP contribution in [0.4, 0.5) is 5.69 Å². The number of rotatable bonds is 5. The molecule has 0 aromatic heterocycles. The number of nitrogens with zero attached hydrogens (tertiary/aromatic N) is 2. The number of para-hydroxylation sites is 2. The molecule has 1 aromatic rings. The summed E-state index contributed by atoms with van der Waals surface area (Å²) in [5.41, 5.74) is 0.570. The zero-order valence-corrected chi connectivity index (χ0v) is 12.3. The Kier molecular flexibility index (Phi) is 4.85. The Morgan fingerprint density at radius 1 is 1.40 bits per heavy atom. The van der Waals surface area contributed by atoms with Gasteiger partial charge in [-0.1, -0.05) is 12.1 Å². The lowest BCUT2D eigenvalue weighted by molar-refractivity contribution is 0.275. The van der Waals surface area contributed by atoms with Gasteiger partial charge in [0.2, 0.25) is 0 Å². The fourth-order valence-electron chi connectivity index (χ4n) is 2.11. The van der Waals surface area contributed by atoms with E-state index < -0.39 is 10.2 Å². The molecule has 0 radical (unpaired) electrons. The van der Waals surface area contributed by atoms with E-state index in [1.165, 1.54) is 15.7 Å². The van der Waals surface area contributed by atoms with Crippen LogP contribution in [0.5, 0.6) is 5.75 Å². The minimum atomic E-state index is -3.60. The molecule has 0 aliphatic carbocycles. The summed E-state index contributed by atoms with van der Waals surface area (Å²) in [5.74, 6) is 0.587. The van der Waals surface area contributed by atoms with Crippen molar-refractivity contribution in [3.63, 3.8) is 0 Å². The quantitative estimate of drug-likeness (QED) is 0.874. The van der Waals surface area contributed by atoms with Crippen molar-refractivity contribution in [1.29, 1.82) is 0 Å². The Morgan fingerprint density at radius 2 is 2.15 bits per heavy atom. The molecule has 0 unspecified atom stereocenters. The van der Waals surface area contributed by atoms with Gasteiger partial charge in [0.05, 0.1) is 12.3 Å². The normalized spacial score (nSPS) is 15.7. The lowest BCUT2D eigenvalue weighted by Crippen LogP contribution is -2.43. The minimum Gasteiger partial charge on any atom is -0.491 e. The van der Waals surface area contributed by atoms with Crippen LogP contribution in [0.3, 0.4) is 0 Å². The molecule has 0 saturated carbocycles. The van der Waals surface area contributed by atoms with Crippen LogP contribution in [0.15, 0.2) is 24.3 Å². The largest absolute Gasteiger partial charge is 0.491 e. The highest BCUT2D eigenvalue weighted by molar-refractivity contribution is 7.90. The highest BCUT2D eigenvalue weighted by atomic mass is 32.2. The van der Waals surface area contributed by atoms with Gasteiger partial charge in [-0.15, -0.1) is 0 Å². The van der Waals surface area contributed by atoms with Crippen LogP contribution in [0.1, 0.15) is 12.8 Å². The van der Waals surface area contributed by atoms with Gasteiger partial charge in [0.25, 0.3) is 0 Å². The third-order valence-corrected chi connectivity index (χ3v) is 5.11. The van der Waals surface area contributed by atoms with E-state index in [4.69, 9.17) is 9.84 Å². The molecule has 0 atom stereocenters. The molecule has 0 spiro atoms. The summed E-state index contributed by atoms with van der Waals surface area (Å²) in [6.45, 7) is 1.16. The van der Waals surface area contributed by atoms with Crippen LogP contribution < -0.4 is 9.04 Å². The molecule has 1 N–H and O–H groups in total. The van der Waals surface area contributed by atoms with Crippen molar-refractivity contribution < 1.29 is 18.3 Å². The lowest BCUT2D eigenvalue weighted by Gasteiger charge is -2.28. The summed E-state index contributed by atoms with van der Waals surface area (Å²) < 4.78 is 33.5. The summed E-state index contributed by atoms with van der Waals surface area (Å²) in [6.07, 6.45) is 1.06. The summed E-state index contributed by atoms with van der Waals surface area (Å²) in [7, 11) is -2.07. The molecule has 2 rings (SSSR count). The zero-order chi connectivity index (χ0) is 14.6. The standard InChI is InChI=1S/C13H20N2O4S/c1-14(8-4-10-16)20(17,18)15-9-5-11-19-13-7-3-2-6-12(13)15/h2-3,6-7,16H,4-5,8-11H2,1H3. The van der Waals surface area contributed by atoms with E-state index in [1.54, 1.807) is 18.2 Å². The second-order valence-electron chi connectivity index (χ2n) is 4.65. The second-order valence-corrected chi connectivity index (χ2v) is 6.61. The van der Waals surface area contributed by atoms with Crippen LogP contribution in [0.25, 0.3) is 0 Å². The smallest absolute Gasteiger partial charge is 0.303 e. The first kappa shape index (κ1) is 15.1. The van der Waals surface area contributed by atoms with E-state index in [1.807, 2.05) is 6.07 Å². The summed E-state index contributed by atoms with van der Waals surface area (Å²) in [4.78, 5) is 0. The summed E-state index contributed by atoms with van der Waals surface area (Å²) in [5, 5.41) is 8.84. The molecule has 1 aliphatic heterocycles. The van der Waals surface area contributed by atoms with Crippen molar-refractivity contribution in [1.82, 2.24) is 4.31 Å². The van der Waals surface area contributed by atoms with E-state index in [2.05, 4.69) is 0 Å². The van der Waals surface area contributed by atoms with Crippen molar-refractivity contribution in [2.75, 3.05) is 37.7 Å². The molecular weight excluding hydrogens is 280 g/mol. The maximum Gasteiger partial charge on any atom is 0.303 e. The highest BCUT2D eigenvalue weighted by Crippen LogP contribution is 2.32. The van der Waals surface area contributed by atoms with E-state index in [9.17, 15) is 8.42 Å². The van der Waals surface area contributed by atoms with Crippen LogP contribution in [0, 0.1) is 0 Å². The van der Waals surface area contributed by atoms with E-state index in [-0.39, 0.29) is 6.61 Å². The van der Waals surface area contributed by atoms with E-state index >= 15 is 0 Å². The first-order valence-corrected chi connectivity index (χ1v) is 8.04. The number of hydrogen-bond donors (Lipinski definition) is 1. The van der Waals surface area contributed by atoms with Crippen LogP contribution in [0.2, 0.25) is 0 Å². The molecule has 20 heavy (non-hydrogen) atoms. The van der Waals surface area contributed by atoms with Gasteiger partial charge in [0.15, 0.2) is 0 Å². The van der Waals surface area contributed by atoms with Crippen molar-refractivity contribution >= 4 is 15.9 Å². The Balaban J connectivity index is 2.31. The molecule has 0 saturated heterocycles. The van der Waals surface area contributed by atoms with Crippen molar-refractivity contribution in [2.45, 2.75) is 12.8 Å². The maximum atomic E-state index is 12.6. The summed E-state index contributed by atoms with van der Waals surface area (Å²) in [6, 6.07) is 7.14. The molecule has 0 fully saturated rings. The first-order valence-electron chi connectivity index (χ1n) is 6.64. The van der Waals surface area contributed by atoms with Gasteiger partial charge in [0, 0.05) is 33.2 Å². The second kappa shape index (κ2) is 6.43. The first-order chi connectivity index (χ1) is 9.57. The molecule has 0 bridgehead atoms. The zero-order valence-electron chi connectivity index (χ0n) is 11.5. The molecule has 112 valence electrons. The fraction of sp³-hybridized carbons (Fsp3) is 0.538. The van der Waals surface area contributed by atoms with Gasteiger partial charge in [0.1, 0.15) is 5.75 Å². The van der Waals surface area contributed by atoms with E-state index in [0.717, 1.165) is 0 Å². The maximum absolute atomic E-state index is 12.6. The Bertz CT molecular complexity index is 547. The SMILES string of the molecule is CN(CCCO)S(=O)(=O)N1CCCOc2ccccc21. The average Bonchev–Trinajstić information content (AvgIpc) is 2.67. The number of aliphatic hydroxyl groups excluding tert-OH is 1. The van der Waals surface area contributed by atoms with Gasteiger partial charge >= 0.3 is 10.2 Å². The number of benzene rings is 1. The molecule has 7 heteroatoms. The number of hydrogen-bond acceptors (Lipinski definition) is 4. The van der Waals surface area contributed by atoms with Crippen LogP contribution in [-0.4, -0.2) is 51.2 Å². The van der Waals surface area contributed by atoms with E-state index in [0.29, 0.717) is 44.0 Å². The Morgan fingerprint density at radius 3 is 2.90 bits per heavy atom. The molecule has 0 amide bonds. The summed E-state index contributed by atoms with van der Waals surface area (Å²) >= 11 is 0. The Hall–Kier alpha value is -1.31. The third-order valence-electron chi connectivity index (χ3n) is 3.20. The van der Waals surface area contributed by atoms with Gasteiger partial charge < -0.3 is 9.84 Å². The molecular formula is C13H20N2O4S. The van der Waals surface area contributed by atoms with Gasteiger partial charge in [-0.25, -0.2) is 0 Å². The molecule has 6 nitrogen and oxygen atoms in total. The van der Waals surface area contributed by atoms with Gasteiger partial charge in [-0.05, 0) is 18.6 Å². The number of aliphatic hydroxyl groups is 1. The number of fused-ring (bicyclic) bond motifs is 1. The van der Waals surface area contributed by atoms with Gasteiger partial charge in [-0.3, -0.25) is 4.31 Å². The van der Waals surface area contributed by atoms with Gasteiger partial charge in [-0.2, -0.15) is 12.7 Å². The predicted octanol–water partition coefficient (Wildman–Crippen LogP) is 0.835. The molecule has 1 aromatic carbocycles. The minimum absolute atomic E-state index is 0.0282. The highest BCUT2D eigenvalue weighted by Gasteiger charge is 2.30. The van der Waals surface area contributed by atoms with Crippen molar-refractivity contribution in [3.8, 4) is 5.75 Å². The van der Waals surface area contributed by atoms with Crippen molar-refractivity contribution in [3.05, 3.63) is 24.3 Å². The van der Waals surface area contributed by atoms with Crippen LogP contribution in [-0.2, 0) is 10.2 Å². The number of ether oxygens (including phenoxy) is 1.